The molecule has 1 saturated carbocycles. The third-order valence-corrected chi connectivity index (χ3v) is 7.98. The molecule has 2 aromatic rings. The molecule has 2 amide bonds. The summed E-state index contributed by atoms with van der Waals surface area (Å²) >= 11 is 0. The lowest BCUT2D eigenvalue weighted by molar-refractivity contribution is -0.140. The summed E-state index contributed by atoms with van der Waals surface area (Å²) in [5.41, 5.74) is 2.39. The van der Waals surface area contributed by atoms with Crippen molar-refractivity contribution in [2.45, 2.75) is 68.9 Å². The van der Waals surface area contributed by atoms with Gasteiger partial charge >= 0.3 is 0 Å². The van der Waals surface area contributed by atoms with Crippen LogP contribution in [0.5, 0.6) is 0 Å². The van der Waals surface area contributed by atoms with Crippen LogP contribution in [-0.2, 0) is 20.9 Å². The number of ether oxygens (including phenoxy) is 1. The molecule has 2 saturated heterocycles. The van der Waals surface area contributed by atoms with Gasteiger partial charge in [0.2, 0.25) is 11.8 Å². The van der Waals surface area contributed by atoms with Gasteiger partial charge in [0.05, 0.1) is 12.0 Å². The van der Waals surface area contributed by atoms with Crippen molar-refractivity contribution in [2.75, 3.05) is 0 Å². The van der Waals surface area contributed by atoms with Crippen LogP contribution in [-0.4, -0.2) is 40.5 Å². The molecular weight excluding hydrogens is 412 g/mol. The maximum atomic E-state index is 14.0. The molecule has 0 aromatic heterocycles. The minimum Gasteiger partial charge on any atom is -0.359 e. The third-order valence-electron chi connectivity index (χ3n) is 7.98. The number of likely N-dealkylation sites (tertiary alicyclic amines) is 1. The summed E-state index contributed by atoms with van der Waals surface area (Å²) in [5, 5.41) is 3.26. The number of hydrogen-bond acceptors (Lipinski definition) is 3. The number of amides is 2. The van der Waals surface area contributed by atoms with Crippen LogP contribution >= 0.6 is 0 Å². The molecule has 4 aliphatic rings. The number of fused-ring (bicyclic) bond motifs is 1. The van der Waals surface area contributed by atoms with E-state index in [1.807, 2.05) is 43.3 Å². The van der Waals surface area contributed by atoms with Crippen molar-refractivity contribution in [1.29, 1.82) is 0 Å². The fourth-order valence-electron chi connectivity index (χ4n) is 6.44. The Labute approximate surface area is 194 Å². The minimum absolute atomic E-state index is 0.0165. The number of hydrogen-bond donors (Lipinski definition) is 1. The topological polar surface area (TPSA) is 58.6 Å². The Morgan fingerprint density at radius 3 is 2.55 bits per heavy atom. The van der Waals surface area contributed by atoms with Gasteiger partial charge in [0.1, 0.15) is 11.6 Å². The fraction of sp³-hybridized carbons (Fsp3) is 0.429. The molecule has 170 valence electrons. The van der Waals surface area contributed by atoms with Crippen LogP contribution in [0.4, 0.5) is 0 Å². The zero-order valence-electron chi connectivity index (χ0n) is 18.9. The molecule has 3 aliphatic heterocycles. The molecule has 1 aliphatic carbocycles. The molecule has 6 rings (SSSR count). The largest absolute Gasteiger partial charge is 0.359 e. The SMILES string of the molecule is Cc1ccc(CN2C(=O)[C@H]3[C@@H](c4ccccc4)[C@H]4C=C[C@]3(O4)[C@@H]2C(=O)NC2CCCC2)cc1. The van der Waals surface area contributed by atoms with E-state index in [1.54, 1.807) is 4.90 Å². The van der Waals surface area contributed by atoms with E-state index in [2.05, 4.69) is 35.7 Å². The Morgan fingerprint density at radius 2 is 1.82 bits per heavy atom. The lowest BCUT2D eigenvalue weighted by Crippen LogP contribution is -2.55. The Hall–Kier alpha value is -2.92. The van der Waals surface area contributed by atoms with Gasteiger partial charge < -0.3 is 15.0 Å². The van der Waals surface area contributed by atoms with Crippen molar-refractivity contribution < 1.29 is 14.3 Å². The number of benzene rings is 2. The lowest BCUT2D eigenvalue weighted by atomic mass is 9.72. The first-order valence-electron chi connectivity index (χ1n) is 12.2. The van der Waals surface area contributed by atoms with Crippen LogP contribution in [0.2, 0.25) is 0 Å². The van der Waals surface area contributed by atoms with Gasteiger partial charge in [-0.05, 0) is 30.9 Å². The first-order chi connectivity index (χ1) is 16.1. The smallest absolute Gasteiger partial charge is 0.246 e. The zero-order valence-corrected chi connectivity index (χ0v) is 18.9. The highest BCUT2D eigenvalue weighted by atomic mass is 16.5. The van der Waals surface area contributed by atoms with E-state index >= 15 is 0 Å². The van der Waals surface area contributed by atoms with Gasteiger partial charge in [-0.3, -0.25) is 9.59 Å². The normalized spacial score (nSPS) is 32.5. The second-order valence-electron chi connectivity index (χ2n) is 10.1. The van der Waals surface area contributed by atoms with Crippen LogP contribution in [0, 0.1) is 12.8 Å². The number of carbonyl (C=O) groups excluding carboxylic acids is 2. The summed E-state index contributed by atoms with van der Waals surface area (Å²) in [5.74, 6) is -0.528. The van der Waals surface area contributed by atoms with Crippen molar-refractivity contribution in [1.82, 2.24) is 10.2 Å². The summed E-state index contributed by atoms with van der Waals surface area (Å²) in [4.78, 5) is 29.5. The van der Waals surface area contributed by atoms with Gasteiger partial charge in [0.15, 0.2) is 0 Å². The first-order valence-corrected chi connectivity index (χ1v) is 12.2. The zero-order chi connectivity index (χ0) is 22.6. The van der Waals surface area contributed by atoms with Gasteiger partial charge in [-0.2, -0.15) is 0 Å². The molecule has 1 spiro atoms. The Morgan fingerprint density at radius 1 is 1.09 bits per heavy atom. The molecular formula is C28H30N2O3. The van der Waals surface area contributed by atoms with E-state index in [-0.39, 0.29) is 35.8 Å². The predicted molar refractivity (Wildman–Crippen MR) is 125 cm³/mol. The van der Waals surface area contributed by atoms with E-state index in [9.17, 15) is 9.59 Å². The highest BCUT2D eigenvalue weighted by molar-refractivity contribution is 5.97. The molecule has 5 heteroatoms. The van der Waals surface area contributed by atoms with E-state index in [0.717, 1.165) is 36.8 Å². The summed E-state index contributed by atoms with van der Waals surface area (Å²) in [6, 6.07) is 17.9. The highest BCUT2D eigenvalue weighted by Gasteiger charge is 2.71. The molecule has 33 heavy (non-hydrogen) atoms. The first kappa shape index (κ1) is 20.7. The van der Waals surface area contributed by atoms with E-state index in [4.69, 9.17) is 4.74 Å². The summed E-state index contributed by atoms with van der Waals surface area (Å²) in [6.45, 7) is 2.46. The maximum Gasteiger partial charge on any atom is 0.246 e. The molecule has 3 fully saturated rings. The van der Waals surface area contributed by atoms with Gasteiger partial charge in [-0.15, -0.1) is 0 Å². The number of nitrogens with one attached hydrogen (secondary N) is 1. The average Bonchev–Trinajstić information content (AvgIpc) is 3.59. The highest BCUT2D eigenvalue weighted by Crippen LogP contribution is 2.58. The predicted octanol–water partition coefficient (Wildman–Crippen LogP) is 3.87. The van der Waals surface area contributed by atoms with Gasteiger partial charge in [-0.1, -0.05) is 85.2 Å². The fourth-order valence-corrected chi connectivity index (χ4v) is 6.44. The average molecular weight is 443 g/mol. The Bertz CT molecular complexity index is 1090. The van der Waals surface area contributed by atoms with Gasteiger partial charge in [0.25, 0.3) is 0 Å². The van der Waals surface area contributed by atoms with Crippen LogP contribution in [0.1, 0.15) is 48.3 Å². The molecule has 2 bridgehead atoms. The van der Waals surface area contributed by atoms with Gasteiger partial charge in [0, 0.05) is 18.5 Å². The quantitative estimate of drug-likeness (QED) is 0.715. The van der Waals surface area contributed by atoms with E-state index in [1.165, 1.54) is 5.56 Å². The Kier molecular flexibility index (Phi) is 4.91. The van der Waals surface area contributed by atoms with Crippen molar-refractivity contribution in [2.24, 2.45) is 5.92 Å². The summed E-state index contributed by atoms with van der Waals surface area (Å²) < 4.78 is 6.57. The molecule has 2 aromatic carbocycles. The van der Waals surface area contributed by atoms with Crippen molar-refractivity contribution in [3.63, 3.8) is 0 Å². The van der Waals surface area contributed by atoms with E-state index < -0.39 is 11.6 Å². The molecule has 5 atom stereocenters. The maximum absolute atomic E-state index is 14.0. The molecule has 3 heterocycles. The second-order valence-corrected chi connectivity index (χ2v) is 10.1. The molecule has 1 N–H and O–H groups in total. The van der Waals surface area contributed by atoms with Crippen LogP contribution in [0.3, 0.4) is 0 Å². The Balaban J connectivity index is 1.39. The number of aryl methyl sites for hydroxylation is 1. The second kappa shape index (κ2) is 7.84. The number of nitrogens with zero attached hydrogens (tertiary/aromatic N) is 1. The third kappa shape index (κ3) is 3.24. The van der Waals surface area contributed by atoms with Crippen molar-refractivity contribution in [3.8, 4) is 0 Å². The summed E-state index contributed by atoms with van der Waals surface area (Å²) in [7, 11) is 0. The van der Waals surface area contributed by atoms with Crippen LogP contribution < -0.4 is 5.32 Å². The standard InChI is InChI=1S/C28H30N2O3/c1-18-11-13-19(14-12-18)17-30-25(26(31)29-21-9-5-6-10-21)28-16-15-22(33-28)23(24(28)27(30)32)20-7-3-2-4-8-20/h2-4,7-8,11-16,21-25H,5-6,9-10,17H2,1H3,(H,29,31)/t22-,23+,24-,25+,28-/m1/s1. The number of rotatable bonds is 5. The summed E-state index contributed by atoms with van der Waals surface area (Å²) in [6.07, 6.45) is 8.19. The van der Waals surface area contributed by atoms with Crippen LogP contribution in [0.25, 0.3) is 0 Å². The van der Waals surface area contributed by atoms with Crippen molar-refractivity contribution in [3.05, 3.63) is 83.4 Å². The van der Waals surface area contributed by atoms with E-state index in [0.29, 0.717) is 6.54 Å². The lowest BCUT2D eigenvalue weighted by Gasteiger charge is -2.33. The van der Waals surface area contributed by atoms with Gasteiger partial charge in [-0.25, -0.2) is 0 Å². The molecule has 0 radical (unpaired) electrons. The minimum atomic E-state index is -0.907. The monoisotopic (exact) mass is 442 g/mol. The van der Waals surface area contributed by atoms with Crippen LogP contribution in [0.15, 0.2) is 66.7 Å². The number of carbonyl (C=O) groups is 2. The molecule has 5 nitrogen and oxygen atoms in total. The molecule has 0 unspecified atom stereocenters. The van der Waals surface area contributed by atoms with Crippen molar-refractivity contribution >= 4 is 11.8 Å².